The molecule has 26 heavy (non-hydrogen) atoms. The minimum absolute atomic E-state index is 0.765. The minimum Gasteiger partial charge on any atom is -0.370 e. The maximum atomic E-state index is 4.48. The van der Waals surface area contributed by atoms with Crippen LogP contribution in [-0.4, -0.2) is 31.3 Å². The van der Waals surface area contributed by atoms with Crippen molar-refractivity contribution in [3.05, 3.63) is 84.8 Å². The van der Waals surface area contributed by atoms with Crippen LogP contribution in [0.5, 0.6) is 0 Å². The molecule has 0 saturated heterocycles. The Kier molecular flexibility index (Phi) is 4.73. The summed E-state index contributed by atoms with van der Waals surface area (Å²) < 4.78 is 1.95. The van der Waals surface area contributed by atoms with Crippen molar-refractivity contribution in [1.29, 1.82) is 0 Å². The highest BCUT2D eigenvalue weighted by Crippen LogP contribution is 2.21. The molecule has 3 heterocycles. The molecular formula is C20H20N6. The highest BCUT2D eigenvalue weighted by Gasteiger charge is 2.05. The lowest BCUT2D eigenvalue weighted by atomic mass is 10.1. The maximum absolute atomic E-state index is 4.48. The van der Waals surface area contributed by atoms with Crippen LogP contribution < -0.4 is 5.32 Å². The van der Waals surface area contributed by atoms with E-state index in [1.807, 2.05) is 47.5 Å². The molecule has 0 aliphatic rings. The van der Waals surface area contributed by atoms with Gasteiger partial charge in [0.25, 0.3) is 0 Å². The monoisotopic (exact) mass is 344 g/mol. The Hall–Kier alpha value is -3.41. The van der Waals surface area contributed by atoms with Crippen molar-refractivity contribution < 1.29 is 0 Å². The molecule has 6 heteroatoms. The predicted octanol–water partition coefficient (Wildman–Crippen LogP) is 3.37. The number of anilines is 1. The second kappa shape index (κ2) is 7.65. The molecule has 0 spiro atoms. The normalized spacial score (nSPS) is 10.8. The van der Waals surface area contributed by atoms with Crippen molar-refractivity contribution in [2.45, 2.75) is 13.0 Å². The first-order valence-electron chi connectivity index (χ1n) is 8.61. The molecule has 0 aliphatic heterocycles. The molecule has 0 aliphatic carbocycles. The van der Waals surface area contributed by atoms with Crippen molar-refractivity contribution >= 4 is 5.82 Å². The van der Waals surface area contributed by atoms with E-state index in [9.17, 15) is 0 Å². The van der Waals surface area contributed by atoms with Crippen molar-refractivity contribution in [2.75, 3.05) is 11.9 Å². The number of hydrogen-bond donors (Lipinski definition) is 2. The quantitative estimate of drug-likeness (QED) is 0.539. The molecule has 6 nitrogen and oxygen atoms in total. The topological polar surface area (TPSA) is 71.4 Å². The van der Waals surface area contributed by atoms with Crippen LogP contribution in [0.4, 0.5) is 5.82 Å². The molecule has 0 unspecified atom stereocenters. The Morgan fingerprint density at radius 3 is 2.81 bits per heavy atom. The van der Waals surface area contributed by atoms with Gasteiger partial charge in [0.15, 0.2) is 0 Å². The number of nitrogens with one attached hydrogen (secondary N) is 2. The Bertz CT molecular complexity index is 943. The number of pyridine rings is 1. The third-order valence-corrected chi connectivity index (χ3v) is 4.16. The van der Waals surface area contributed by atoms with Crippen LogP contribution in [0.3, 0.4) is 0 Å². The number of benzene rings is 1. The summed E-state index contributed by atoms with van der Waals surface area (Å²) in [4.78, 5) is 11.6. The van der Waals surface area contributed by atoms with E-state index in [1.54, 1.807) is 6.33 Å². The van der Waals surface area contributed by atoms with Gasteiger partial charge in [-0.25, -0.2) is 9.97 Å². The van der Waals surface area contributed by atoms with Gasteiger partial charge in [0, 0.05) is 37.1 Å². The summed E-state index contributed by atoms with van der Waals surface area (Å²) in [6.07, 6.45) is 10.2. The fourth-order valence-electron chi connectivity index (χ4n) is 2.82. The van der Waals surface area contributed by atoms with Crippen molar-refractivity contribution in [3.63, 3.8) is 0 Å². The van der Waals surface area contributed by atoms with Crippen LogP contribution in [-0.2, 0) is 13.0 Å². The van der Waals surface area contributed by atoms with Crippen molar-refractivity contribution in [2.24, 2.45) is 0 Å². The molecule has 3 aromatic heterocycles. The van der Waals surface area contributed by atoms with Crippen LogP contribution in [0.25, 0.3) is 11.1 Å². The van der Waals surface area contributed by atoms with Gasteiger partial charge in [-0.2, -0.15) is 5.10 Å². The molecule has 0 atom stereocenters. The molecule has 0 radical (unpaired) electrons. The fraction of sp³-hybridized carbons (Fsp3) is 0.150. The first kappa shape index (κ1) is 16.1. The van der Waals surface area contributed by atoms with E-state index in [4.69, 9.17) is 0 Å². The summed E-state index contributed by atoms with van der Waals surface area (Å²) in [5.41, 5.74) is 4.45. The number of imidazole rings is 1. The van der Waals surface area contributed by atoms with E-state index in [0.717, 1.165) is 42.1 Å². The third-order valence-electron chi connectivity index (χ3n) is 4.16. The van der Waals surface area contributed by atoms with E-state index in [2.05, 4.69) is 49.8 Å². The maximum Gasteiger partial charge on any atom is 0.126 e. The summed E-state index contributed by atoms with van der Waals surface area (Å²) in [5, 5.41) is 7.83. The highest BCUT2D eigenvalue weighted by molar-refractivity contribution is 5.64. The molecule has 0 amide bonds. The van der Waals surface area contributed by atoms with E-state index in [-0.39, 0.29) is 0 Å². The average molecular weight is 344 g/mol. The van der Waals surface area contributed by atoms with Gasteiger partial charge in [-0.3, -0.25) is 4.68 Å². The lowest BCUT2D eigenvalue weighted by Crippen LogP contribution is -2.06. The second-order valence-electron chi connectivity index (χ2n) is 6.08. The zero-order valence-corrected chi connectivity index (χ0v) is 14.3. The van der Waals surface area contributed by atoms with Gasteiger partial charge in [-0.05, 0) is 23.3 Å². The average Bonchev–Trinajstić information content (AvgIpc) is 3.35. The zero-order chi connectivity index (χ0) is 17.6. The second-order valence-corrected chi connectivity index (χ2v) is 6.08. The standard InChI is InChI=1S/C20H20N6/c1-2-4-16(5-3-1)13-26-14-18(11-25-26)17-6-8-22-20(10-17)23-9-7-19-12-21-15-24-19/h1-6,8,10-12,14-15H,7,9,13H2,(H,21,24)(H,22,23). The van der Waals surface area contributed by atoms with E-state index < -0.39 is 0 Å². The van der Waals surface area contributed by atoms with Crippen molar-refractivity contribution in [3.8, 4) is 11.1 Å². The lowest BCUT2D eigenvalue weighted by molar-refractivity contribution is 0.687. The number of H-pyrrole nitrogens is 1. The summed E-state index contributed by atoms with van der Waals surface area (Å²) in [6, 6.07) is 14.4. The van der Waals surface area contributed by atoms with Crippen LogP contribution >= 0.6 is 0 Å². The van der Waals surface area contributed by atoms with E-state index >= 15 is 0 Å². The summed E-state index contributed by atoms with van der Waals surface area (Å²) in [5.74, 6) is 0.855. The third kappa shape index (κ3) is 3.97. The number of hydrogen-bond acceptors (Lipinski definition) is 4. The first-order chi connectivity index (χ1) is 12.9. The number of aromatic amines is 1. The Labute approximate surface area is 152 Å². The summed E-state index contributed by atoms with van der Waals surface area (Å²) in [7, 11) is 0. The lowest BCUT2D eigenvalue weighted by Gasteiger charge is -2.06. The summed E-state index contributed by atoms with van der Waals surface area (Å²) in [6.45, 7) is 1.55. The smallest absolute Gasteiger partial charge is 0.126 e. The molecule has 4 aromatic rings. The molecule has 4 rings (SSSR count). The number of aromatic nitrogens is 5. The van der Waals surface area contributed by atoms with Gasteiger partial charge in [-0.1, -0.05) is 30.3 Å². The molecule has 0 fully saturated rings. The van der Waals surface area contributed by atoms with Gasteiger partial charge in [-0.15, -0.1) is 0 Å². The zero-order valence-electron chi connectivity index (χ0n) is 14.3. The van der Waals surface area contributed by atoms with Gasteiger partial charge < -0.3 is 10.3 Å². The largest absolute Gasteiger partial charge is 0.370 e. The number of rotatable bonds is 7. The Balaban J connectivity index is 1.41. The highest BCUT2D eigenvalue weighted by atomic mass is 15.3. The van der Waals surface area contributed by atoms with Crippen LogP contribution in [0.2, 0.25) is 0 Å². The van der Waals surface area contributed by atoms with Gasteiger partial charge in [0.05, 0.1) is 24.8 Å². The van der Waals surface area contributed by atoms with Crippen LogP contribution in [0, 0.1) is 0 Å². The SMILES string of the molecule is c1ccc(Cn2cc(-c3ccnc(NCCc4c[nH]cn4)c3)cn2)cc1. The molecular weight excluding hydrogens is 324 g/mol. The van der Waals surface area contributed by atoms with E-state index in [0.29, 0.717) is 0 Å². The van der Waals surface area contributed by atoms with Crippen LogP contribution in [0.15, 0.2) is 73.6 Å². The number of nitrogens with zero attached hydrogens (tertiary/aromatic N) is 4. The molecule has 0 bridgehead atoms. The molecule has 0 saturated carbocycles. The molecule has 2 N–H and O–H groups in total. The summed E-state index contributed by atoms with van der Waals surface area (Å²) >= 11 is 0. The Morgan fingerprint density at radius 2 is 1.96 bits per heavy atom. The fourth-order valence-corrected chi connectivity index (χ4v) is 2.82. The minimum atomic E-state index is 0.765. The molecule has 1 aromatic carbocycles. The predicted molar refractivity (Wildman–Crippen MR) is 102 cm³/mol. The Morgan fingerprint density at radius 1 is 1.04 bits per heavy atom. The van der Waals surface area contributed by atoms with Crippen LogP contribution in [0.1, 0.15) is 11.3 Å². The van der Waals surface area contributed by atoms with Gasteiger partial charge in [0.2, 0.25) is 0 Å². The van der Waals surface area contributed by atoms with Gasteiger partial charge >= 0.3 is 0 Å². The first-order valence-corrected chi connectivity index (χ1v) is 8.61. The van der Waals surface area contributed by atoms with Crippen molar-refractivity contribution in [1.82, 2.24) is 24.7 Å². The van der Waals surface area contributed by atoms with E-state index in [1.165, 1.54) is 5.56 Å². The van der Waals surface area contributed by atoms with Gasteiger partial charge in [0.1, 0.15) is 5.82 Å². The molecule has 130 valence electrons.